The molecule has 5 heteroatoms. The Hall–Kier alpha value is -0.940. The Morgan fingerprint density at radius 2 is 2.33 bits per heavy atom. The van der Waals surface area contributed by atoms with Crippen molar-refractivity contribution in [3.05, 3.63) is 34.3 Å². The molecule has 0 aliphatic heterocycles. The highest BCUT2D eigenvalue weighted by atomic mass is 79.9. The summed E-state index contributed by atoms with van der Waals surface area (Å²) in [5.74, 6) is 0.906. The molecule has 0 atom stereocenters. The van der Waals surface area contributed by atoms with E-state index in [1.54, 1.807) is 17.8 Å². The van der Waals surface area contributed by atoms with E-state index in [0.717, 1.165) is 34.0 Å². The summed E-state index contributed by atoms with van der Waals surface area (Å²) in [6.45, 7) is 0.684. The molecule has 0 amide bonds. The van der Waals surface area contributed by atoms with Gasteiger partial charge < -0.3 is 9.84 Å². The Morgan fingerprint density at radius 1 is 1.56 bits per heavy atom. The van der Waals surface area contributed by atoms with Crippen molar-refractivity contribution in [1.82, 2.24) is 0 Å². The first kappa shape index (κ1) is 15.1. The summed E-state index contributed by atoms with van der Waals surface area (Å²) in [7, 11) is 0. The lowest BCUT2D eigenvalue weighted by atomic mass is 10.2. The molecule has 1 aromatic rings. The highest BCUT2D eigenvalue weighted by Crippen LogP contribution is 2.26. The van der Waals surface area contributed by atoms with Gasteiger partial charge in [-0.25, -0.2) is 4.79 Å². The monoisotopic (exact) mass is 330 g/mol. The molecule has 18 heavy (non-hydrogen) atoms. The third-order valence-corrected chi connectivity index (χ3v) is 3.44. The Balaban J connectivity index is 2.59. The average Bonchev–Trinajstić information content (AvgIpc) is 2.34. The Labute approximate surface area is 119 Å². The third kappa shape index (κ3) is 5.60. The summed E-state index contributed by atoms with van der Waals surface area (Å²) < 4.78 is 6.45. The largest absolute Gasteiger partial charge is 0.492 e. The second-order valence-corrected chi connectivity index (χ2v) is 5.40. The van der Waals surface area contributed by atoms with E-state index >= 15 is 0 Å². The van der Waals surface area contributed by atoms with Gasteiger partial charge in [0.15, 0.2) is 0 Å². The van der Waals surface area contributed by atoms with Crippen LogP contribution in [0.15, 0.2) is 28.7 Å². The number of hydrogen-bond acceptors (Lipinski definition) is 3. The molecule has 0 unspecified atom stereocenters. The molecule has 0 aliphatic rings. The SMILES string of the molecule is CSCCCOc1ccc(/C=C/C(=O)O)cc1Br. The van der Waals surface area contributed by atoms with E-state index in [2.05, 4.69) is 22.2 Å². The first-order valence-corrected chi connectivity index (χ1v) is 7.64. The molecule has 0 radical (unpaired) electrons. The van der Waals surface area contributed by atoms with Crippen molar-refractivity contribution in [2.75, 3.05) is 18.6 Å². The number of carboxylic acid groups (broad SMARTS) is 1. The van der Waals surface area contributed by atoms with Crippen LogP contribution in [0.3, 0.4) is 0 Å². The molecule has 0 saturated carbocycles. The van der Waals surface area contributed by atoms with Crippen molar-refractivity contribution in [1.29, 1.82) is 0 Å². The van der Waals surface area contributed by atoms with E-state index in [4.69, 9.17) is 9.84 Å². The molecule has 1 aromatic carbocycles. The van der Waals surface area contributed by atoms with Gasteiger partial charge in [-0.1, -0.05) is 6.07 Å². The number of hydrogen-bond donors (Lipinski definition) is 1. The molecule has 0 fully saturated rings. The lowest BCUT2D eigenvalue weighted by Crippen LogP contribution is -1.99. The maximum atomic E-state index is 10.4. The number of carboxylic acids is 1. The van der Waals surface area contributed by atoms with Crippen LogP contribution in [0, 0.1) is 0 Å². The summed E-state index contributed by atoms with van der Waals surface area (Å²) >= 11 is 5.21. The third-order valence-electron chi connectivity index (χ3n) is 2.12. The Morgan fingerprint density at radius 3 is 2.94 bits per heavy atom. The summed E-state index contributed by atoms with van der Waals surface area (Å²) in [6, 6.07) is 5.50. The van der Waals surface area contributed by atoms with Gasteiger partial charge in [0, 0.05) is 6.08 Å². The minimum Gasteiger partial charge on any atom is -0.492 e. The van der Waals surface area contributed by atoms with Gasteiger partial charge in [-0.3, -0.25) is 0 Å². The minimum atomic E-state index is -0.955. The van der Waals surface area contributed by atoms with Gasteiger partial charge in [-0.2, -0.15) is 11.8 Å². The summed E-state index contributed by atoms with van der Waals surface area (Å²) in [4.78, 5) is 10.4. The predicted molar refractivity (Wildman–Crippen MR) is 79.3 cm³/mol. The zero-order chi connectivity index (χ0) is 13.4. The fourth-order valence-electron chi connectivity index (χ4n) is 1.29. The van der Waals surface area contributed by atoms with Gasteiger partial charge in [0.1, 0.15) is 5.75 Å². The van der Waals surface area contributed by atoms with Crippen LogP contribution >= 0.6 is 27.7 Å². The molecule has 0 bridgehead atoms. The normalized spacial score (nSPS) is 10.8. The molecule has 1 rings (SSSR count). The van der Waals surface area contributed by atoms with Gasteiger partial charge in [-0.05, 0) is 58.1 Å². The van der Waals surface area contributed by atoms with E-state index < -0.39 is 5.97 Å². The van der Waals surface area contributed by atoms with Crippen LogP contribution in [0.5, 0.6) is 5.75 Å². The number of rotatable bonds is 7. The standard InChI is InChI=1S/C13H15BrO3S/c1-18-8-2-7-17-12-5-3-10(9-11(12)14)4-6-13(15)16/h3-6,9H,2,7-8H2,1H3,(H,15,16)/b6-4+. The lowest BCUT2D eigenvalue weighted by Gasteiger charge is -2.08. The summed E-state index contributed by atoms with van der Waals surface area (Å²) in [6.07, 6.45) is 5.74. The molecule has 3 nitrogen and oxygen atoms in total. The van der Waals surface area contributed by atoms with Gasteiger partial charge in [0.25, 0.3) is 0 Å². The predicted octanol–water partition coefficient (Wildman–Crippen LogP) is 3.68. The number of thioether (sulfide) groups is 1. The van der Waals surface area contributed by atoms with Crippen LogP contribution < -0.4 is 4.74 Å². The maximum Gasteiger partial charge on any atom is 0.328 e. The first-order chi connectivity index (χ1) is 8.63. The lowest BCUT2D eigenvalue weighted by molar-refractivity contribution is -0.131. The quantitative estimate of drug-likeness (QED) is 0.612. The van der Waals surface area contributed by atoms with Crippen molar-refractivity contribution >= 4 is 39.7 Å². The van der Waals surface area contributed by atoms with Crippen LogP contribution in [0.2, 0.25) is 0 Å². The van der Waals surface area contributed by atoms with E-state index in [1.807, 2.05) is 18.2 Å². The van der Waals surface area contributed by atoms with Crippen LogP contribution in [0.4, 0.5) is 0 Å². The topological polar surface area (TPSA) is 46.5 Å². The summed E-state index contributed by atoms with van der Waals surface area (Å²) in [5.41, 5.74) is 0.820. The van der Waals surface area contributed by atoms with E-state index in [1.165, 1.54) is 0 Å². The minimum absolute atomic E-state index is 0.684. The number of aliphatic carboxylic acids is 1. The molecule has 0 aromatic heterocycles. The number of benzene rings is 1. The van der Waals surface area contributed by atoms with Crippen molar-refractivity contribution < 1.29 is 14.6 Å². The zero-order valence-electron chi connectivity index (χ0n) is 10.1. The molecule has 0 aliphatic carbocycles. The molecular weight excluding hydrogens is 316 g/mol. The van der Waals surface area contributed by atoms with Crippen molar-refractivity contribution in [2.45, 2.75) is 6.42 Å². The average molecular weight is 331 g/mol. The Kier molecular flexibility index (Phi) is 6.90. The van der Waals surface area contributed by atoms with Crippen LogP contribution in [-0.2, 0) is 4.79 Å². The first-order valence-electron chi connectivity index (χ1n) is 5.46. The second kappa shape index (κ2) is 8.21. The molecule has 1 N–H and O–H groups in total. The van der Waals surface area contributed by atoms with E-state index in [9.17, 15) is 4.79 Å². The smallest absolute Gasteiger partial charge is 0.328 e. The fraction of sp³-hybridized carbons (Fsp3) is 0.308. The van der Waals surface area contributed by atoms with Crippen molar-refractivity contribution in [3.8, 4) is 5.75 Å². The second-order valence-electron chi connectivity index (χ2n) is 3.56. The zero-order valence-corrected chi connectivity index (χ0v) is 12.5. The van der Waals surface area contributed by atoms with Crippen LogP contribution in [0.1, 0.15) is 12.0 Å². The fourth-order valence-corrected chi connectivity index (χ4v) is 2.21. The molecule has 0 saturated heterocycles. The number of carbonyl (C=O) groups is 1. The highest BCUT2D eigenvalue weighted by molar-refractivity contribution is 9.10. The van der Waals surface area contributed by atoms with Crippen LogP contribution in [0.25, 0.3) is 6.08 Å². The molecule has 98 valence electrons. The van der Waals surface area contributed by atoms with Crippen LogP contribution in [-0.4, -0.2) is 29.7 Å². The Bertz CT molecular complexity index is 432. The number of ether oxygens (including phenoxy) is 1. The maximum absolute atomic E-state index is 10.4. The van der Waals surface area contributed by atoms with Gasteiger partial charge in [0.05, 0.1) is 11.1 Å². The van der Waals surface area contributed by atoms with E-state index in [-0.39, 0.29) is 0 Å². The molecular formula is C13H15BrO3S. The van der Waals surface area contributed by atoms with Gasteiger partial charge in [0.2, 0.25) is 0 Å². The molecule has 0 spiro atoms. The van der Waals surface area contributed by atoms with Gasteiger partial charge in [-0.15, -0.1) is 0 Å². The highest BCUT2D eigenvalue weighted by Gasteiger charge is 2.01. The summed E-state index contributed by atoms with van der Waals surface area (Å²) in [5, 5.41) is 8.54. The van der Waals surface area contributed by atoms with Crippen molar-refractivity contribution in [2.24, 2.45) is 0 Å². The van der Waals surface area contributed by atoms with E-state index in [0.29, 0.717) is 6.61 Å². The molecule has 0 heterocycles. The van der Waals surface area contributed by atoms with Crippen molar-refractivity contribution in [3.63, 3.8) is 0 Å². The van der Waals surface area contributed by atoms with Gasteiger partial charge >= 0.3 is 5.97 Å². The number of halogens is 1.